The van der Waals surface area contributed by atoms with Crippen LogP contribution in [0.25, 0.3) is 0 Å². The fourth-order valence-electron chi connectivity index (χ4n) is 10.5. The number of rotatable bonds is 62. The summed E-state index contributed by atoms with van der Waals surface area (Å²) in [4.78, 5) is 24.5. The minimum Gasteiger partial charge on any atom is -0.466 e. The van der Waals surface area contributed by atoms with Crippen molar-refractivity contribution in [3.05, 3.63) is 12.2 Å². The predicted octanol–water partition coefficient (Wildman–Crippen LogP) is 20.8. The molecule has 6 heteroatoms. The van der Waals surface area contributed by atoms with E-state index in [0.717, 1.165) is 38.5 Å². The minimum absolute atomic E-state index is 0.0150. The summed E-state index contributed by atoms with van der Waals surface area (Å²) in [6.07, 6.45) is 75.2. The van der Waals surface area contributed by atoms with Gasteiger partial charge in [-0.15, -0.1) is 0 Å². The number of hydrogen-bond acceptors (Lipinski definition) is 5. The molecule has 0 heterocycles. The topological polar surface area (TPSA) is 95.9 Å². The summed E-state index contributed by atoms with van der Waals surface area (Å²) in [5, 5.41) is 23.4. The van der Waals surface area contributed by atoms with Gasteiger partial charge < -0.3 is 20.3 Å². The van der Waals surface area contributed by atoms with Crippen molar-refractivity contribution >= 4 is 11.9 Å². The molecule has 6 nitrogen and oxygen atoms in total. The molecular formula is C66H129NO5. The molecule has 0 aromatic carbocycles. The molecule has 0 saturated heterocycles. The number of carbonyl (C=O) groups excluding carboxylic acids is 2. The Morgan fingerprint density at radius 1 is 0.375 bits per heavy atom. The Hall–Kier alpha value is -1.40. The average Bonchev–Trinajstić information content (AvgIpc) is 3.38. The van der Waals surface area contributed by atoms with Crippen molar-refractivity contribution in [1.29, 1.82) is 0 Å². The van der Waals surface area contributed by atoms with Crippen LogP contribution in [-0.4, -0.2) is 47.4 Å². The van der Waals surface area contributed by atoms with Gasteiger partial charge in [0.2, 0.25) is 5.91 Å². The second-order valence-electron chi connectivity index (χ2n) is 22.8. The number of nitrogens with one attached hydrogen (secondary N) is 1. The molecule has 2 unspecified atom stereocenters. The van der Waals surface area contributed by atoms with Gasteiger partial charge in [-0.05, 0) is 51.4 Å². The van der Waals surface area contributed by atoms with Crippen molar-refractivity contribution < 1.29 is 24.5 Å². The van der Waals surface area contributed by atoms with Crippen molar-refractivity contribution in [2.24, 2.45) is 0 Å². The van der Waals surface area contributed by atoms with Crippen LogP contribution in [0.1, 0.15) is 373 Å². The number of hydrogen-bond donors (Lipinski definition) is 3. The molecule has 72 heavy (non-hydrogen) atoms. The molecule has 0 rings (SSSR count). The highest BCUT2D eigenvalue weighted by Gasteiger charge is 2.20. The summed E-state index contributed by atoms with van der Waals surface area (Å²) in [7, 11) is 0. The maximum absolute atomic E-state index is 12.5. The third-order valence-corrected chi connectivity index (χ3v) is 15.6. The highest BCUT2D eigenvalue weighted by atomic mass is 16.5. The van der Waals surface area contributed by atoms with Crippen LogP contribution in [0.4, 0.5) is 0 Å². The first-order valence-electron chi connectivity index (χ1n) is 32.9. The fraction of sp³-hybridized carbons (Fsp3) is 0.939. The molecule has 0 fully saturated rings. The Balaban J connectivity index is 3.39. The molecule has 0 aromatic rings. The predicted molar refractivity (Wildman–Crippen MR) is 315 cm³/mol. The van der Waals surface area contributed by atoms with Gasteiger partial charge in [-0.25, -0.2) is 0 Å². The van der Waals surface area contributed by atoms with Gasteiger partial charge in [0.15, 0.2) is 0 Å². The van der Waals surface area contributed by atoms with Crippen molar-refractivity contribution in [1.82, 2.24) is 5.32 Å². The molecule has 1 amide bonds. The molecule has 0 spiro atoms. The lowest BCUT2D eigenvalue weighted by Crippen LogP contribution is -2.45. The molecular weight excluding hydrogens is 887 g/mol. The van der Waals surface area contributed by atoms with E-state index in [2.05, 4.69) is 31.3 Å². The fourth-order valence-corrected chi connectivity index (χ4v) is 10.5. The number of unbranched alkanes of at least 4 members (excludes halogenated alkanes) is 49. The van der Waals surface area contributed by atoms with E-state index in [1.807, 2.05) is 0 Å². The van der Waals surface area contributed by atoms with Crippen LogP contribution in [0.15, 0.2) is 12.2 Å². The van der Waals surface area contributed by atoms with Gasteiger partial charge in [-0.1, -0.05) is 321 Å². The molecule has 2 atom stereocenters. The van der Waals surface area contributed by atoms with Crippen LogP contribution in [0, 0.1) is 0 Å². The van der Waals surface area contributed by atoms with Crippen molar-refractivity contribution in [3.8, 4) is 0 Å². The van der Waals surface area contributed by atoms with Crippen LogP contribution >= 0.6 is 0 Å². The maximum Gasteiger partial charge on any atom is 0.305 e. The number of ether oxygens (including phenoxy) is 1. The normalized spacial score (nSPS) is 12.6. The zero-order chi connectivity index (χ0) is 52.2. The highest BCUT2D eigenvalue weighted by molar-refractivity contribution is 5.76. The molecule has 0 radical (unpaired) electrons. The summed E-state index contributed by atoms with van der Waals surface area (Å²) in [5.74, 6) is -0.0193. The number of aliphatic hydroxyl groups is 2. The lowest BCUT2D eigenvalue weighted by molar-refractivity contribution is -0.143. The monoisotopic (exact) mass is 1020 g/mol. The quantitative estimate of drug-likeness (QED) is 0.0320. The minimum atomic E-state index is -0.666. The Bertz CT molecular complexity index is 1080. The summed E-state index contributed by atoms with van der Waals surface area (Å²) < 4.78 is 5.48. The van der Waals surface area contributed by atoms with Crippen LogP contribution in [0.3, 0.4) is 0 Å². The number of aliphatic hydroxyl groups excluding tert-OH is 2. The Morgan fingerprint density at radius 3 is 0.986 bits per heavy atom. The van der Waals surface area contributed by atoms with E-state index < -0.39 is 12.1 Å². The molecule has 0 aliphatic carbocycles. The van der Waals surface area contributed by atoms with E-state index in [1.165, 1.54) is 302 Å². The molecule has 428 valence electrons. The second-order valence-corrected chi connectivity index (χ2v) is 22.8. The number of esters is 1. The summed E-state index contributed by atoms with van der Waals surface area (Å²) in [6.45, 7) is 4.98. The molecule has 0 aliphatic rings. The van der Waals surface area contributed by atoms with Crippen molar-refractivity contribution in [3.63, 3.8) is 0 Å². The molecule has 3 N–H and O–H groups in total. The lowest BCUT2D eigenvalue weighted by atomic mass is 10.0. The van der Waals surface area contributed by atoms with Gasteiger partial charge in [-0.2, -0.15) is 0 Å². The summed E-state index contributed by atoms with van der Waals surface area (Å²) in [6, 6.07) is -0.543. The molecule has 0 aliphatic heterocycles. The van der Waals surface area contributed by atoms with Crippen molar-refractivity contribution in [2.75, 3.05) is 13.2 Å². The first-order chi connectivity index (χ1) is 35.5. The molecule has 0 aromatic heterocycles. The van der Waals surface area contributed by atoms with Crippen molar-refractivity contribution in [2.45, 2.75) is 386 Å². The average molecular weight is 1020 g/mol. The molecule has 0 saturated carbocycles. The smallest absolute Gasteiger partial charge is 0.305 e. The Labute approximate surface area is 450 Å². The van der Waals surface area contributed by atoms with Gasteiger partial charge in [0.25, 0.3) is 0 Å². The SMILES string of the molecule is CCCCCCCCCCCCCCCCCCCCC(O)C(CO)NC(=O)CCCCCCCCCCC/C=C\CCCCCCCCCCCCCCOC(=O)CCCCCCCCCCCCCC. The maximum atomic E-state index is 12.5. The van der Waals surface area contributed by atoms with Gasteiger partial charge >= 0.3 is 5.97 Å². The number of carbonyl (C=O) groups is 2. The largest absolute Gasteiger partial charge is 0.466 e. The Kier molecular flexibility index (Phi) is 60.9. The van der Waals surface area contributed by atoms with E-state index in [1.54, 1.807) is 0 Å². The second kappa shape index (κ2) is 62.1. The van der Waals surface area contributed by atoms with E-state index >= 15 is 0 Å². The summed E-state index contributed by atoms with van der Waals surface area (Å²) in [5.41, 5.74) is 0. The standard InChI is InChI=1S/C66H129NO5/c1-3-5-7-9-11-13-15-17-18-19-29-32-35-38-42-46-50-54-58-64(69)63(62-68)67-65(70)59-55-51-47-43-39-36-33-30-27-25-23-21-20-22-24-26-28-31-34-37-41-45-49-53-57-61-72-66(71)60-56-52-48-44-40-16-14-12-10-8-6-4-2/h21,23,63-64,68-69H,3-20,22,24-62H2,1-2H3,(H,67,70)/b23-21-. The van der Waals surface area contributed by atoms with Crippen LogP contribution in [0.2, 0.25) is 0 Å². The van der Waals surface area contributed by atoms with Gasteiger partial charge in [0.1, 0.15) is 0 Å². The third kappa shape index (κ3) is 57.9. The summed E-state index contributed by atoms with van der Waals surface area (Å²) >= 11 is 0. The van der Waals surface area contributed by atoms with E-state index in [4.69, 9.17) is 4.74 Å². The van der Waals surface area contributed by atoms with Gasteiger partial charge in [-0.3, -0.25) is 9.59 Å². The lowest BCUT2D eigenvalue weighted by Gasteiger charge is -2.22. The number of amides is 1. The van der Waals surface area contributed by atoms with Crippen LogP contribution in [0.5, 0.6) is 0 Å². The first kappa shape index (κ1) is 70.6. The third-order valence-electron chi connectivity index (χ3n) is 15.6. The van der Waals surface area contributed by atoms with E-state index in [9.17, 15) is 19.8 Å². The van der Waals surface area contributed by atoms with Gasteiger partial charge in [0, 0.05) is 12.8 Å². The zero-order valence-corrected chi connectivity index (χ0v) is 48.9. The van der Waals surface area contributed by atoms with Crippen LogP contribution < -0.4 is 5.32 Å². The number of allylic oxidation sites excluding steroid dienone is 2. The first-order valence-corrected chi connectivity index (χ1v) is 32.9. The Morgan fingerprint density at radius 2 is 0.653 bits per heavy atom. The van der Waals surface area contributed by atoms with E-state index in [0.29, 0.717) is 25.9 Å². The van der Waals surface area contributed by atoms with E-state index in [-0.39, 0.29) is 18.5 Å². The zero-order valence-electron chi connectivity index (χ0n) is 48.9. The highest BCUT2D eigenvalue weighted by Crippen LogP contribution is 2.18. The van der Waals surface area contributed by atoms with Gasteiger partial charge in [0.05, 0.1) is 25.4 Å². The van der Waals surface area contributed by atoms with Crippen LogP contribution in [-0.2, 0) is 14.3 Å². The molecule has 0 bridgehead atoms.